The minimum Gasteiger partial charge on any atom is -0.389 e. The number of hydrogen-bond acceptors (Lipinski definition) is 3. The summed E-state index contributed by atoms with van der Waals surface area (Å²) in [6.07, 6.45) is 2.00. The van der Waals surface area contributed by atoms with E-state index in [4.69, 9.17) is 4.74 Å². The zero-order valence-corrected chi connectivity index (χ0v) is 12.2. The van der Waals surface area contributed by atoms with Crippen molar-refractivity contribution < 1.29 is 9.84 Å². The third-order valence-electron chi connectivity index (χ3n) is 3.80. The van der Waals surface area contributed by atoms with Gasteiger partial charge in [0, 0.05) is 19.7 Å². The Morgan fingerprint density at radius 2 is 2.00 bits per heavy atom. The summed E-state index contributed by atoms with van der Waals surface area (Å²) in [5, 5.41) is 9.92. The van der Waals surface area contributed by atoms with Crippen molar-refractivity contribution >= 4 is 0 Å². The van der Waals surface area contributed by atoms with Crippen LogP contribution in [-0.2, 0) is 4.74 Å². The molecule has 1 aliphatic rings. The number of β-amino-alcohol motifs (C(OH)–C–C–N with tert-alkyl or cyclic N) is 1. The summed E-state index contributed by atoms with van der Waals surface area (Å²) in [6.45, 7) is 6.48. The number of benzene rings is 1. The minimum atomic E-state index is -0.392. The smallest absolute Gasteiger partial charge is 0.0900 e. The second-order valence-corrected chi connectivity index (χ2v) is 5.68. The normalized spacial score (nSPS) is 21.8. The number of aliphatic hydroxyl groups excluding tert-OH is 1. The van der Waals surface area contributed by atoms with Gasteiger partial charge in [0.15, 0.2) is 0 Å². The van der Waals surface area contributed by atoms with Crippen LogP contribution in [-0.4, -0.2) is 42.9 Å². The van der Waals surface area contributed by atoms with Gasteiger partial charge in [0.05, 0.1) is 12.7 Å². The Bertz CT molecular complexity index is 399. The standard InChI is InChI=1S/C16H25NO2/c1-12-7-13(2)9-14(8-12)16-5-4-6-17(16)10-15(18)11-19-3/h7-9,15-16,18H,4-6,10-11H2,1-3H3/t15-,16+/m0/s1. The molecule has 1 fully saturated rings. The van der Waals surface area contributed by atoms with Crippen LogP contribution in [0.2, 0.25) is 0 Å². The first kappa shape index (κ1) is 14.5. The van der Waals surface area contributed by atoms with E-state index in [1.54, 1.807) is 7.11 Å². The monoisotopic (exact) mass is 263 g/mol. The van der Waals surface area contributed by atoms with Crippen molar-refractivity contribution in [3.8, 4) is 0 Å². The summed E-state index contributed by atoms with van der Waals surface area (Å²) in [5.74, 6) is 0. The lowest BCUT2D eigenvalue weighted by atomic mass is 9.99. The second-order valence-electron chi connectivity index (χ2n) is 5.68. The molecule has 0 bridgehead atoms. The molecule has 19 heavy (non-hydrogen) atoms. The molecule has 0 amide bonds. The topological polar surface area (TPSA) is 32.7 Å². The molecule has 106 valence electrons. The lowest BCUT2D eigenvalue weighted by Gasteiger charge is -2.27. The lowest BCUT2D eigenvalue weighted by Crippen LogP contribution is -2.34. The molecule has 2 atom stereocenters. The molecule has 1 aromatic carbocycles. The molecule has 1 heterocycles. The molecule has 1 saturated heterocycles. The van der Waals surface area contributed by atoms with Crippen molar-refractivity contribution in [1.82, 2.24) is 4.90 Å². The molecule has 3 heteroatoms. The van der Waals surface area contributed by atoms with Gasteiger partial charge in [-0.15, -0.1) is 0 Å². The van der Waals surface area contributed by atoms with E-state index < -0.39 is 6.10 Å². The third-order valence-corrected chi connectivity index (χ3v) is 3.80. The van der Waals surface area contributed by atoms with Gasteiger partial charge in [-0.2, -0.15) is 0 Å². The second kappa shape index (κ2) is 6.51. The Hall–Kier alpha value is -0.900. The fourth-order valence-corrected chi connectivity index (χ4v) is 3.14. The van der Waals surface area contributed by atoms with Crippen molar-refractivity contribution in [2.45, 2.75) is 38.8 Å². The first-order chi connectivity index (χ1) is 9.10. The van der Waals surface area contributed by atoms with Crippen LogP contribution in [0.3, 0.4) is 0 Å². The van der Waals surface area contributed by atoms with Gasteiger partial charge in [-0.1, -0.05) is 29.3 Å². The SMILES string of the molecule is COC[C@@H](O)CN1CCC[C@@H]1c1cc(C)cc(C)c1. The molecule has 0 spiro atoms. The Morgan fingerprint density at radius 3 is 2.63 bits per heavy atom. The Kier molecular flexibility index (Phi) is 4.97. The maximum Gasteiger partial charge on any atom is 0.0900 e. The fourth-order valence-electron chi connectivity index (χ4n) is 3.14. The van der Waals surface area contributed by atoms with Gasteiger partial charge in [-0.25, -0.2) is 0 Å². The average Bonchev–Trinajstić information content (AvgIpc) is 2.76. The molecule has 1 N–H and O–H groups in total. The summed E-state index contributed by atoms with van der Waals surface area (Å²) in [5.41, 5.74) is 4.03. The zero-order valence-electron chi connectivity index (χ0n) is 12.2. The lowest BCUT2D eigenvalue weighted by molar-refractivity contribution is 0.0346. The van der Waals surface area contributed by atoms with Crippen molar-refractivity contribution in [3.05, 3.63) is 34.9 Å². The minimum absolute atomic E-state index is 0.392. The van der Waals surface area contributed by atoms with Gasteiger partial charge in [-0.05, 0) is 38.8 Å². The molecule has 2 rings (SSSR count). The quantitative estimate of drug-likeness (QED) is 0.885. The van der Waals surface area contributed by atoms with E-state index in [0.29, 0.717) is 19.2 Å². The summed E-state index contributed by atoms with van der Waals surface area (Å²) in [7, 11) is 1.63. The van der Waals surface area contributed by atoms with E-state index in [9.17, 15) is 5.11 Å². The fraction of sp³-hybridized carbons (Fsp3) is 0.625. The molecule has 0 aromatic heterocycles. The third kappa shape index (κ3) is 3.78. The molecular formula is C16H25NO2. The van der Waals surface area contributed by atoms with Gasteiger partial charge < -0.3 is 9.84 Å². The summed E-state index contributed by atoms with van der Waals surface area (Å²) >= 11 is 0. The predicted molar refractivity (Wildman–Crippen MR) is 77.3 cm³/mol. The van der Waals surface area contributed by atoms with Crippen LogP contribution in [0, 0.1) is 13.8 Å². The van der Waals surface area contributed by atoms with Crippen molar-refractivity contribution in [3.63, 3.8) is 0 Å². The highest BCUT2D eigenvalue weighted by atomic mass is 16.5. The number of likely N-dealkylation sites (tertiary alicyclic amines) is 1. The Balaban J connectivity index is 2.09. The number of nitrogens with zero attached hydrogens (tertiary/aromatic N) is 1. The first-order valence-corrected chi connectivity index (χ1v) is 7.09. The summed E-state index contributed by atoms with van der Waals surface area (Å²) in [4.78, 5) is 2.39. The molecule has 1 aliphatic heterocycles. The largest absolute Gasteiger partial charge is 0.389 e. The van der Waals surface area contributed by atoms with Crippen LogP contribution in [0.25, 0.3) is 0 Å². The zero-order chi connectivity index (χ0) is 13.8. The van der Waals surface area contributed by atoms with Crippen molar-refractivity contribution in [1.29, 1.82) is 0 Å². The average molecular weight is 263 g/mol. The highest BCUT2D eigenvalue weighted by Crippen LogP contribution is 2.32. The highest BCUT2D eigenvalue weighted by Gasteiger charge is 2.27. The van der Waals surface area contributed by atoms with E-state index in [2.05, 4.69) is 36.9 Å². The van der Waals surface area contributed by atoms with Gasteiger partial charge in [-0.3, -0.25) is 4.90 Å². The van der Waals surface area contributed by atoms with E-state index in [1.165, 1.54) is 29.5 Å². The highest BCUT2D eigenvalue weighted by molar-refractivity contribution is 5.31. The molecule has 0 aliphatic carbocycles. The van der Waals surface area contributed by atoms with E-state index >= 15 is 0 Å². The van der Waals surface area contributed by atoms with Crippen LogP contribution in [0.5, 0.6) is 0 Å². The molecule has 3 nitrogen and oxygen atoms in total. The van der Waals surface area contributed by atoms with E-state index in [0.717, 1.165) is 6.54 Å². The number of ether oxygens (including phenoxy) is 1. The molecule has 0 unspecified atom stereocenters. The van der Waals surface area contributed by atoms with E-state index in [1.807, 2.05) is 0 Å². The maximum absolute atomic E-state index is 9.92. The van der Waals surface area contributed by atoms with Gasteiger partial charge >= 0.3 is 0 Å². The van der Waals surface area contributed by atoms with Gasteiger partial charge in [0.2, 0.25) is 0 Å². The molecular weight excluding hydrogens is 238 g/mol. The number of aliphatic hydroxyl groups is 1. The molecule has 1 aromatic rings. The maximum atomic E-state index is 9.92. The van der Waals surface area contributed by atoms with Crippen LogP contribution in [0.15, 0.2) is 18.2 Å². The first-order valence-electron chi connectivity index (χ1n) is 7.09. The molecule has 0 saturated carbocycles. The van der Waals surface area contributed by atoms with Crippen molar-refractivity contribution in [2.24, 2.45) is 0 Å². The van der Waals surface area contributed by atoms with Crippen LogP contribution < -0.4 is 0 Å². The van der Waals surface area contributed by atoms with Crippen LogP contribution in [0.1, 0.15) is 35.6 Å². The summed E-state index contributed by atoms with van der Waals surface area (Å²) < 4.78 is 5.02. The Labute approximate surface area is 116 Å². The molecule has 0 radical (unpaired) electrons. The number of rotatable bonds is 5. The van der Waals surface area contributed by atoms with Gasteiger partial charge in [0.25, 0.3) is 0 Å². The van der Waals surface area contributed by atoms with Crippen LogP contribution >= 0.6 is 0 Å². The van der Waals surface area contributed by atoms with Crippen LogP contribution in [0.4, 0.5) is 0 Å². The van der Waals surface area contributed by atoms with Gasteiger partial charge in [0.1, 0.15) is 0 Å². The number of hydrogen-bond donors (Lipinski definition) is 1. The van der Waals surface area contributed by atoms with E-state index in [-0.39, 0.29) is 0 Å². The number of aryl methyl sites for hydroxylation is 2. The number of methoxy groups -OCH3 is 1. The Morgan fingerprint density at radius 1 is 1.32 bits per heavy atom. The summed E-state index contributed by atoms with van der Waals surface area (Å²) in [6, 6.07) is 7.21. The van der Waals surface area contributed by atoms with Crippen molar-refractivity contribution in [2.75, 3.05) is 26.8 Å². The predicted octanol–water partition coefficient (Wildman–Crippen LogP) is 2.45.